The van der Waals surface area contributed by atoms with E-state index < -0.39 is 11.9 Å². The fraction of sp³-hybridized carbons (Fsp3) is 0.143. The largest absolute Gasteiger partial charge is 0.481 e. The van der Waals surface area contributed by atoms with Gasteiger partial charge in [0, 0.05) is 12.0 Å². The SMILES string of the molecule is CC(=O)CCC(=O)O.N#CC(C(=O)O)=C(c1ccccc1)c1ccccc1. The van der Waals surface area contributed by atoms with Crippen molar-refractivity contribution in [3.63, 3.8) is 0 Å². The van der Waals surface area contributed by atoms with Gasteiger partial charge in [-0.2, -0.15) is 5.26 Å². The van der Waals surface area contributed by atoms with Gasteiger partial charge >= 0.3 is 11.9 Å². The summed E-state index contributed by atoms with van der Waals surface area (Å²) in [5.41, 5.74) is 1.62. The third-order valence-corrected chi connectivity index (χ3v) is 3.39. The molecule has 0 unspecified atom stereocenters. The first-order chi connectivity index (χ1) is 12.9. The predicted octanol–water partition coefficient (Wildman–Crippen LogP) is 3.54. The first kappa shape index (κ1) is 21.3. The molecule has 138 valence electrons. The number of aliphatic carboxylic acids is 2. The molecule has 0 amide bonds. The Morgan fingerprint density at radius 2 is 1.30 bits per heavy atom. The minimum absolute atomic E-state index is 0.0463. The van der Waals surface area contributed by atoms with Gasteiger partial charge in [0.1, 0.15) is 17.4 Å². The van der Waals surface area contributed by atoms with Crippen LogP contribution in [0.15, 0.2) is 66.2 Å². The number of benzene rings is 2. The van der Waals surface area contributed by atoms with Gasteiger partial charge in [-0.15, -0.1) is 0 Å². The molecule has 0 heterocycles. The maximum absolute atomic E-state index is 11.2. The molecule has 0 aliphatic rings. The van der Waals surface area contributed by atoms with Crippen molar-refractivity contribution in [2.24, 2.45) is 0 Å². The smallest absolute Gasteiger partial charge is 0.347 e. The third kappa shape index (κ3) is 7.36. The van der Waals surface area contributed by atoms with Crippen LogP contribution in [-0.2, 0) is 14.4 Å². The van der Waals surface area contributed by atoms with E-state index in [0.717, 1.165) is 0 Å². The molecule has 2 rings (SSSR count). The lowest BCUT2D eigenvalue weighted by Crippen LogP contribution is -2.03. The Morgan fingerprint density at radius 1 is 0.852 bits per heavy atom. The summed E-state index contributed by atoms with van der Waals surface area (Å²) in [5.74, 6) is -2.21. The summed E-state index contributed by atoms with van der Waals surface area (Å²) in [6.45, 7) is 1.38. The van der Waals surface area contributed by atoms with E-state index in [-0.39, 0.29) is 24.2 Å². The molecular formula is C21H19NO5. The Bertz CT molecular complexity index is 809. The highest BCUT2D eigenvalue weighted by atomic mass is 16.4. The zero-order valence-electron chi connectivity index (χ0n) is 14.8. The topological polar surface area (TPSA) is 115 Å². The normalized spacial score (nSPS) is 9.19. The Labute approximate surface area is 157 Å². The average molecular weight is 365 g/mol. The quantitative estimate of drug-likeness (QED) is 0.597. The molecule has 6 heteroatoms. The van der Waals surface area contributed by atoms with E-state index in [1.807, 2.05) is 36.4 Å². The van der Waals surface area contributed by atoms with Crippen molar-refractivity contribution < 1.29 is 24.6 Å². The third-order valence-electron chi connectivity index (χ3n) is 3.39. The van der Waals surface area contributed by atoms with Crippen molar-refractivity contribution in [1.82, 2.24) is 0 Å². The van der Waals surface area contributed by atoms with Gasteiger partial charge in [0.05, 0.1) is 6.42 Å². The Morgan fingerprint density at radius 3 is 1.56 bits per heavy atom. The number of carbonyl (C=O) groups is 3. The highest BCUT2D eigenvalue weighted by molar-refractivity contribution is 6.04. The molecule has 2 aromatic rings. The molecule has 0 aliphatic carbocycles. The van der Waals surface area contributed by atoms with Gasteiger partial charge in [-0.25, -0.2) is 4.79 Å². The van der Waals surface area contributed by atoms with Crippen LogP contribution in [0.3, 0.4) is 0 Å². The number of carbonyl (C=O) groups excluding carboxylic acids is 1. The molecule has 0 bridgehead atoms. The van der Waals surface area contributed by atoms with Crippen LogP contribution in [0.25, 0.3) is 5.57 Å². The summed E-state index contributed by atoms with van der Waals surface area (Å²) >= 11 is 0. The zero-order valence-corrected chi connectivity index (χ0v) is 14.8. The van der Waals surface area contributed by atoms with Crippen LogP contribution < -0.4 is 0 Å². The van der Waals surface area contributed by atoms with Crippen LogP contribution >= 0.6 is 0 Å². The van der Waals surface area contributed by atoms with E-state index in [4.69, 9.17) is 10.4 Å². The minimum Gasteiger partial charge on any atom is -0.481 e. The molecule has 27 heavy (non-hydrogen) atoms. The van der Waals surface area contributed by atoms with E-state index in [9.17, 15) is 19.5 Å². The monoisotopic (exact) mass is 365 g/mol. The molecule has 0 spiro atoms. The van der Waals surface area contributed by atoms with Crippen LogP contribution in [0.2, 0.25) is 0 Å². The second-order valence-corrected chi connectivity index (χ2v) is 5.49. The summed E-state index contributed by atoms with van der Waals surface area (Å²) in [6, 6.07) is 19.9. The lowest BCUT2D eigenvalue weighted by Gasteiger charge is -2.09. The fourth-order valence-electron chi connectivity index (χ4n) is 2.16. The standard InChI is InChI=1S/C16H11NO2.C5H8O3/c17-11-14(16(18)19)15(12-7-3-1-4-8-12)13-9-5-2-6-10-13;1-4(6)2-3-5(7)8/h1-10H,(H,18,19);2-3H2,1H3,(H,7,8). The molecule has 6 nitrogen and oxygen atoms in total. The first-order valence-electron chi connectivity index (χ1n) is 8.06. The fourth-order valence-corrected chi connectivity index (χ4v) is 2.16. The van der Waals surface area contributed by atoms with Crippen LogP contribution in [0, 0.1) is 11.3 Å². The molecule has 0 aliphatic heterocycles. The average Bonchev–Trinajstić information content (AvgIpc) is 2.66. The number of hydrogen-bond acceptors (Lipinski definition) is 4. The first-order valence-corrected chi connectivity index (χ1v) is 8.06. The van der Waals surface area contributed by atoms with Crippen molar-refractivity contribution >= 4 is 23.3 Å². The van der Waals surface area contributed by atoms with Crippen molar-refractivity contribution in [2.45, 2.75) is 19.8 Å². The van der Waals surface area contributed by atoms with Gasteiger partial charge in [0.2, 0.25) is 0 Å². The van der Waals surface area contributed by atoms with Crippen molar-refractivity contribution in [1.29, 1.82) is 5.26 Å². The number of carboxylic acids is 2. The summed E-state index contributed by atoms with van der Waals surface area (Å²) in [6.07, 6.45) is 0.102. The zero-order chi connectivity index (χ0) is 20.2. The van der Waals surface area contributed by atoms with Crippen molar-refractivity contribution in [3.8, 4) is 6.07 Å². The second-order valence-electron chi connectivity index (χ2n) is 5.49. The van der Waals surface area contributed by atoms with Gasteiger partial charge < -0.3 is 15.0 Å². The minimum atomic E-state index is -1.22. The summed E-state index contributed by atoms with van der Waals surface area (Å²) < 4.78 is 0. The Kier molecular flexibility index (Phi) is 8.69. The van der Waals surface area contributed by atoms with Gasteiger partial charge in [-0.05, 0) is 18.1 Å². The molecule has 2 N–H and O–H groups in total. The molecule has 2 aromatic carbocycles. The van der Waals surface area contributed by atoms with Crippen LogP contribution in [0.1, 0.15) is 30.9 Å². The molecule has 0 atom stereocenters. The van der Waals surface area contributed by atoms with E-state index in [2.05, 4.69) is 0 Å². The highest BCUT2D eigenvalue weighted by Crippen LogP contribution is 2.26. The van der Waals surface area contributed by atoms with E-state index in [1.165, 1.54) is 6.92 Å². The van der Waals surface area contributed by atoms with Gasteiger partial charge in [-0.1, -0.05) is 60.7 Å². The van der Waals surface area contributed by atoms with Crippen LogP contribution in [0.4, 0.5) is 0 Å². The molecule has 0 saturated carbocycles. The molecule has 0 saturated heterocycles. The number of carboxylic acid groups (broad SMARTS) is 2. The van der Waals surface area contributed by atoms with Crippen molar-refractivity contribution in [2.75, 3.05) is 0 Å². The van der Waals surface area contributed by atoms with Gasteiger partial charge in [0.25, 0.3) is 0 Å². The maximum Gasteiger partial charge on any atom is 0.347 e. The number of hydrogen-bond donors (Lipinski definition) is 2. The van der Waals surface area contributed by atoms with Gasteiger partial charge in [0.15, 0.2) is 0 Å². The predicted molar refractivity (Wildman–Crippen MR) is 99.7 cm³/mol. The summed E-state index contributed by atoms with van der Waals surface area (Å²) in [4.78, 5) is 31.1. The maximum atomic E-state index is 11.2. The molecule has 0 aromatic heterocycles. The van der Waals surface area contributed by atoms with Gasteiger partial charge in [-0.3, -0.25) is 4.79 Å². The number of nitrogens with zero attached hydrogens (tertiary/aromatic N) is 1. The summed E-state index contributed by atoms with van der Waals surface area (Å²) in [5, 5.41) is 26.3. The van der Waals surface area contributed by atoms with E-state index in [0.29, 0.717) is 16.7 Å². The number of nitriles is 1. The Balaban J connectivity index is 0.000000387. The second kappa shape index (κ2) is 11.0. The number of Topliss-reactive ketones (excluding diaryl/α,β-unsaturated/α-hetero) is 1. The lowest BCUT2D eigenvalue weighted by atomic mass is 9.93. The van der Waals surface area contributed by atoms with Crippen LogP contribution in [-0.4, -0.2) is 27.9 Å². The van der Waals surface area contributed by atoms with Crippen molar-refractivity contribution in [3.05, 3.63) is 77.4 Å². The van der Waals surface area contributed by atoms with E-state index >= 15 is 0 Å². The molecule has 0 radical (unpaired) electrons. The number of ketones is 1. The highest BCUT2D eigenvalue weighted by Gasteiger charge is 2.17. The van der Waals surface area contributed by atoms with Crippen LogP contribution in [0.5, 0.6) is 0 Å². The Hall–Kier alpha value is -3.72. The molecule has 0 fully saturated rings. The lowest BCUT2D eigenvalue weighted by molar-refractivity contribution is -0.138. The van der Waals surface area contributed by atoms with E-state index in [1.54, 1.807) is 30.3 Å². The summed E-state index contributed by atoms with van der Waals surface area (Å²) in [7, 11) is 0. The number of rotatable bonds is 6. The molecular weight excluding hydrogens is 346 g/mol.